The Morgan fingerprint density at radius 1 is 1.00 bits per heavy atom. The number of rotatable bonds is 8. The number of alkyl carbamates (subject to hydrolysis) is 1. The highest BCUT2D eigenvalue weighted by atomic mass is 32.2. The van der Waals surface area contributed by atoms with Gasteiger partial charge < -0.3 is 29.7 Å². The second-order valence-corrected chi connectivity index (χ2v) is 17.8. The van der Waals surface area contributed by atoms with E-state index in [0.29, 0.717) is 61.9 Å². The van der Waals surface area contributed by atoms with E-state index in [1.807, 2.05) is 53.9 Å². The lowest BCUT2D eigenvalue weighted by molar-refractivity contribution is -0.141. The van der Waals surface area contributed by atoms with E-state index in [-0.39, 0.29) is 31.9 Å². The van der Waals surface area contributed by atoms with Crippen molar-refractivity contribution in [2.45, 2.75) is 99.3 Å². The molecule has 2 saturated carbocycles. The third-order valence-corrected chi connectivity index (χ3v) is 13.6. The normalized spacial score (nSPS) is 29.2. The van der Waals surface area contributed by atoms with Crippen molar-refractivity contribution < 1.29 is 41.8 Å². The van der Waals surface area contributed by atoms with Crippen molar-refractivity contribution in [2.75, 3.05) is 19.8 Å². The van der Waals surface area contributed by atoms with Crippen molar-refractivity contribution in [1.29, 1.82) is 0 Å². The summed E-state index contributed by atoms with van der Waals surface area (Å²) in [6.45, 7) is 0.720. The van der Waals surface area contributed by atoms with E-state index in [2.05, 4.69) is 15.4 Å². The Labute approximate surface area is 322 Å². The molecule has 3 N–H and O–H groups in total. The van der Waals surface area contributed by atoms with Gasteiger partial charge in [-0.3, -0.25) is 19.1 Å². The molecule has 2 saturated heterocycles. The van der Waals surface area contributed by atoms with Crippen LogP contribution in [-0.4, -0.2) is 102 Å². The first-order valence-corrected chi connectivity index (χ1v) is 21.4. The van der Waals surface area contributed by atoms with Crippen molar-refractivity contribution in [3.05, 3.63) is 53.9 Å². The lowest BCUT2D eigenvalue weighted by Crippen LogP contribution is -2.58. The Kier molecular flexibility index (Phi) is 10.5. The summed E-state index contributed by atoms with van der Waals surface area (Å²) in [7, 11) is -3.90. The Balaban J connectivity index is 1.10. The zero-order chi connectivity index (χ0) is 38.2. The van der Waals surface area contributed by atoms with Gasteiger partial charge in [-0.05, 0) is 62.1 Å². The Bertz CT molecular complexity index is 2090. The molecule has 0 spiro atoms. The third kappa shape index (κ3) is 8.19. The lowest BCUT2D eigenvalue weighted by Gasteiger charge is -2.30. The summed E-state index contributed by atoms with van der Waals surface area (Å²) in [5.41, 5.74) is 0.297. The molecule has 0 radical (unpaired) electrons. The van der Waals surface area contributed by atoms with Gasteiger partial charge in [-0.25, -0.2) is 23.2 Å². The summed E-state index contributed by atoms with van der Waals surface area (Å²) in [6, 6.07) is 9.08. The predicted octanol–water partition coefficient (Wildman–Crippen LogP) is 3.59. The molecule has 55 heavy (non-hydrogen) atoms. The number of nitrogens with one attached hydrogen (secondary N) is 3. The van der Waals surface area contributed by atoms with Gasteiger partial charge in [0.05, 0.1) is 40.9 Å². The highest BCUT2D eigenvalue weighted by molar-refractivity contribution is 7.91. The van der Waals surface area contributed by atoms with Gasteiger partial charge >= 0.3 is 6.09 Å². The van der Waals surface area contributed by atoms with Gasteiger partial charge in [0.15, 0.2) is 0 Å². The Hall–Kier alpha value is -4.61. The van der Waals surface area contributed by atoms with Crippen LogP contribution in [0.25, 0.3) is 21.6 Å². The smallest absolute Gasteiger partial charge is 0.408 e. The minimum absolute atomic E-state index is 0.0302. The van der Waals surface area contributed by atoms with Crippen molar-refractivity contribution in [3.63, 3.8) is 0 Å². The first-order valence-electron chi connectivity index (χ1n) is 19.0. The molecule has 5 heterocycles. The number of para-hydroxylation sites is 2. The summed E-state index contributed by atoms with van der Waals surface area (Å²) in [4.78, 5) is 67.8. The number of nitrogens with zero attached hydrogens (tertiary/aromatic N) is 3. The van der Waals surface area contributed by atoms with Crippen LogP contribution in [0.1, 0.15) is 64.2 Å². The number of thiophene rings is 1. The average Bonchev–Trinajstić information content (AvgIpc) is 3.90. The SMILES string of the molecule is O=C(N[C@H]1CCCCC/C=C\C2C[C@@]2(C(=O)NS(=O)(=O)C2CC2)NC(=O)[C@@H]2C[C@@H](Oc3nc4ccccc4nc3-c3cccs3)CN2C1=O)OC1CCOC1. The summed E-state index contributed by atoms with van der Waals surface area (Å²) < 4.78 is 45.4. The third-order valence-electron chi connectivity index (χ3n) is 10.9. The number of carbonyl (C=O) groups is 4. The second-order valence-electron chi connectivity index (χ2n) is 14.9. The van der Waals surface area contributed by atoms with E-state index in [9.17, 15) is 27.6 Å². The maximum atomic E-state index is 14.6. The molecule has 0 bridgehead atoms. The molecule has 4 fully saturated rings. The highest BCUT2D eigenvalue weighted by Gasteiger charge is 2.62. The number of hydrogen-bond donors (Lipinski definition) is 3. The molecule has 1 aromatic carbocycles. The number of sulfonamides is 1. The minimum Gasteiger partial charge on any atom is -0.471 e. The summed E-state index contributed by atoms with van der Waals surface area (Å²) in [5.74, 6) is -2.10. The highest BCUT2D eigenvalue weighted by Crippen LogP contribution is 2.46. The summed E-state index contributed by atoms with van der Waals surface area (Å²) in [6.07, 6.45) is 6.81. The number of ether oxygens (including phenoxy) is 3. The molecule has 2 aromatic heterocycles. The topological polar surface area (TPSA) is 195 Å². The molecular weight excluding hydrogens is 749 g/mol. The van der Waals surface area contributed by atoms with Crippen molar-refractivity contribution in [2.24, 2.45) is 5.92 Å². The molecular formula is C38H44N6O9S2. The van der Waals surface area contributed by atoms with Crippen LogP contribution < -0.4 is 20.1 Å². The summed E-state index contributed by atoms with van der Waals surface area (Å²) >= 11 is 1.47. The van der Waals surface area contributed by atoms with Crippen LogP contribution >= 0.6 is 11.3 Å². The maximum Gasteiger partial charge on any atom is 0.408 e. The molecule has 2 aliphatic carbocycles. The van der Waals surface area contributed by atoms with Gasteiger partial charge in [-0.15, -0.1) is 11.3 Å². The first-order chi connectivity index (χ1) is 26.6. The Morgan fingerprint density at radius 3 is 2.56 bits per heavy atom. The van der Waals surface area contributed by atoms with E-state index in [0.717, 1.165) is 17.7 Å². The van der Waals surface area contributed by atoms with Crippen LogP contribution in [0.5, 0.6) is 5.88 Å². The average molecular weight is 793 g/mol. The number of hydrogen-bond acceptors (Lipinski definition) is 12. The van der Waals surface area contributed by atoms with Crippen LogP contribution in [0.4, 0.5) is 4.79 Å². The number of allylic oxidation sites excluding steroid dienone is 1. The Morgan fingerprint density at radius 2 is 1.82 bits per heavy atom. The van der Waals surface area contributed by atoms with E-state index in [4.69, 9.17) is 24.2 Å². The predicted molar refractivity (Wildman–Crippen MR) is 201 cm³/mol. The monoisotopic (exact) mass is 792 g/mol. The van der Waals surface area contributed by atoms with Crippen LogP contribution in [-0.2, 0) is 33.9 Å². The fourth-order valence-electron chi connectivity index (χ4n) is 7.58. The maximum absolute atomic E-state index is 14.6. The van der Waals surface area contributed by atoms with Gasteiger partial charge in [0.2, 0.25) is 27.7 Å². The van der Waals surface area contributed by atoms with Crippen LogP contribution in [0, 0.1) is 5.92 Å². The van der Waals surface area contributed by atoms with Crippen molar-refractivity contribution >= 4 is 56.2 Å². The molecule has 6 atom stereocenters. The molecule has 4 amide bonds. The number of amides is 4. The quantitative estimate of drug-likeness (QED) is 0.282. The number of carbonyl (C=O) groups excluding carboxylic acids is 4. The minimum atomic E-state index is -3.90. The van der Waals surface area contributed by atoms with Gasteiger partial charge in [0, 0.05) is 18.8 Å². The fraction of sp³-hybridized carbons (Fsp3) is 0.526. The largest absolute Gasteiger partial charge is 0.471 e. The van der Waals surface area contributed by atoms with Gasteiger partial charge in [0.1, 0.15) is 35.5 Å². The van der Waals surface area contributed by atoms with E-state index >= 15 is 0 Å². The molecule has 5 aliphatic rings. The van der Waals surface area contributed by atoms with Crippen LogP contribution in [0.3, 0.4) is 0 Å². The zero-order valence-corrected chi connectivity index (χ0v) is 31.8. The van der Waals surface area contributed by atoms with Crippen molar-refractivity contribution in [3.8, 4) is 16.5 Å². The van der Waals surface area contributed by atoms with Crippen LogP contribution in [0.2, 0.25) is 0 Å². The molecule has 3 aromatic rings. The number of fused-ring (bicyclic) bond motifs is 3. The zero-order valence-electron chi connectivity index (χ0n) is 30.2. The van der Waals surface area contributed by atoms with E-state index < -0.39 is 74.8 Å². The molecule has 8 rings (SSSR count). The van der Waals surface area contributed by atoms with E-state index in [1.165, 1.54) is 16.2 Å². The van der Waals surface area contributed by atoms with Crippen LogP contribution in [0.15, 0.2) is 53.9 Å². The second kappa shape index (κ2) is 15.5. The number of aromatic nitrogens is 2. The molecule has 3 aliphatic heterocycles. The summed E-state index contributed by atoms with van der Waals surface area (Å²) in [5, 5.41) is 6.95. The van der Waals surface area contributed by atoms with Gasteiger partial charge in [-0.2, -0.15) is 0 Å². The molecule has 2 unspecified atom stereocenters. The number of benzene rings is 1. The molecule has 17 heteroatoms. The standard InChI is InChI=1S/C38H44N6O9S2/c45-33-30-19-25(52-34-32(31-13-8-18-54-31)39-27-10-6-7-11-28(27)40-34)21-44(30)35(46)29(41-37(48)53-24-16-17-51-22-24)12-5-3-1-2-4-9-23-20-38(23,42-33)36(47)43-55(49,50)26-14-15-26/h4,6-11,13,18,23-26,29-30H,1-3,5,12,14-17,19-22H2,(H,41,48)(H,42,45)(H,43,47)/b9-4-/t23?,24?,25-,29+,30+,38-/m1/s1. The van der Waals surface area contributed by atoms with Gasteiger partial charge in [-0.1, -0.05) is 43.2 Å². The lowest BCUT2D eigenvalue weighted by atomic mass is 10.0. The first kappa shape index (κ1) is 37.3. The van der Waals surface area contributed by atoms with Crippen molar-refractivity contribution in [1.82, 2.24) is 30.2 Å². The van der Waals surface area contributed by atoms with E-state index in [1.54, 1.807) is 0 Å². The molecule has 292 valence electrons. The molecule has 15 nitrogen and oxygen atoms in total. The fourth-order valence-corrected chi connectivity index (χ4v) is 9.65. The van der Waals surface area contributed by atoms with Gasteiger partial charge in [0.25, 0.3) is 5.91 Å².